The van der Waals surface area contributed by atoms with E-state index < -0.39 is 23.5 Å². The monoisotopic (exact) mass is 266 g/mol. The topological polar surface area (TPSA) is 29.5 Å². The van der Waals surface area contributed by atoms with Gasteiger partial charge >= 0.3 is 0 Å². The van der Waals surface area contributed by atoms with E-state index in [1.54, 1.807) is 0 Å². The van der Waals surface area contributed by atoms with Crippen LogP contribution in [0.2, 0.25) is 0 Å². The minimum Gasteiger partial charge on any atom is -0.482 e. The molecule has 78 valence electrons. The zero-order valence-electron chi connectivity index (χ0n) is 7.43. The smallest absolute Gasteiger partial charge is 0.191 e. The van der Waals surface area contributed by atoms with Crippen LogP contribution in [-0.4, -0.2) is 17.8 Å². The van der Waals surface area contributed by atoms with Crippen molar-refractivity contribution in [3.63, 3.8) is 0 Å². The van der Waals surface area contributed by atoms with Crippen molar-refractivity contribution in [2.75, 3.05) is 6.61 Å². The molecule has 1 aromatic rings. The summed E-state index contributed by atoms with van der Waals surface area (Å²) in [7, 11) is 0. The Morgan fingerprint density at radius 3 is 2.36 bits per heavy atom. The van der Waals surface area contributed by atoms with Gasteiger partial charge in [-0.3, -0.25) is 0 Å². The highest BCUT2D eigenvalue weighted by molar-refractivity contribution is 9.10. The Hall–Kier alpha value is -0.680. The van der Waals surface area contributed by atoms with Crippen LogP contribution in [-0.2, 0) is 0 Å². The quantitative estimate of drug-likeness (QED) is 0.911. The molecule has 0 amide bonds. The number of hydrogen-bond donors (Lipinski definition) is 1. The summed E-state index contributed by atoms with van der Waals surface area (Å²) in [6.45, 7) is 1.22. The van der Waals surface area contributed by atoms with Gasteiger partial charge in [-0.25, -0.2) is 8.78 Å². The summed E-state index contributed by atoms with van der Waals surface area (Å²) >= 11 is 2.95. The first-order valence-electron chi connectivity index (χ1n) is 3.96. The first-order valence-corrected chi connectivity index (χ1v) is 4.76. The summed E-state index contributed by atoms with van der Waals surface area (Å²) in [4.78, 5) is 0. The Bertz CT molecular complexity index is 308. The molecular formula is C9H9BrF2O2. The zero-order chi connectivity index (χ0) is 10.7. The van der Waals surface area contributed by atoms with Crippen molar-refractivity contribution >= 4 is 15.9 Å². The number of hydrogen-bond acceptors (Lipinski definition) is 2. The summed E-state index contributed by atoms with van der Waals surface area (Å²) in [5.74, 6) is -2.05. The van der Waals surface area contributed by atoms with Gasteiger partial charge in [-0.05, 0) is 19.1 Å². The molecule has 0 heterocycles. The van der Waals surface area contributed by atoms with Crippen molar-refractivity contribution in [2.45, 2.75) is 13.0 Å². The molecule has 0 spiro atoms. The molecule has 0 saturated carbocycles. The lowest BCUT2D eigenvalue weighted by Gasteiger charge is -2.13. The maximum absolute atomic E-state index is 13.1. The average molecular weight is 267 g/mol. The molecule has 1 N–H and O–H groups in total. The number of halogens is 3. The maximum atomic E-state index is 13.1. The first-order chi connectivity index (χ1) is 6.54. The molecule has 1 aromatic carbocycles. The van der Waals surface area contributed by atoms with Crippen LogP contribution in [0, 0.1) is 11.6 Å². The van der Waals surface area contributed by atoms with Gasteiger partial charge in [0.25, 0.3) is 0 Å². The van der Waals surface area contributed by atoms with E-state index in [-0.39, 0.29) is 6.61 Å². The van der Waals surface area contributed by atoms with Crippen molar-refractivity contribution in [1.82, 2.24) is 0 Å². The van der Waals surface area contributed by atoms with E-state index in [9.17, 15) is 8.78 Å². The highest BCUT2D eigenvalue weighted by Gasteiger charge is 2.14. The van der Waals surface area contributed by atoms with Gasteiger partial charge < -0.3 is 9.84 Å². The Balaban J connectivity index is 2.96. The van der Waals surface area contributed by atoms with Crippen LogP contribution in [0.3, 0.4) is 0 Å². The van der Waals surface area contributed by atoms with Gasteiger partial charge in [0, 0.05) is 4.47 Å². The Kier molecular flexibility index (Phi) is 3.83. The van der Waals surface area contributed by atoms with Crippen LogP contribution in [0.25, 0.3) is 0 Å². The second kappa shape index (κ2) is 4.70. The van der Waals surface area contributed by atoms with Crippen LogP contribution in [0.15, 0.2) is 16.6 Å². The lowest BCUT2D eigenvalue weighted by atomic mass is 10.3. The summed E-state index contributed by atoms with van der Waals surface area (Å²) < 4.78 is 31.4. The molecule has 5 heteroatoms. The normalized spacial score (nSPS) is 12.6. The van der Waals surface area contributed by atoms with Gasteiger partial charge in [0.2, 0.25) is 0 Å². The molecule has 1 atom stereocenters. The van der Waals surface area contributed by atoms with Crippen molar-refractivity contribution in [1.29, 1.82) is 0 Å². The number of rotatable bonds is 3. The lowest BCUT2D eigenvalue weighted by molar-refractivity contribution is 0.121. The minimum absolute atomic E-state index is 0.297. The second-order valence-electron chi connectivity index (χ2n) is 2.81. The molecule has 1 rings (SSSR count). The fourth-order valence-corrected chi connectivity index (χ4v) is 1.28. The lowest BCUT2D eigenvalue weighted by Crippen LogP contribution is -2.17. The average Bonchev–Trinajstić information content (AvgIpc) is 2.10. The van der Waals surface area contributed by atoms with Crippen LogP contribution in [0.4, 0.5) is 8.78 Å². The maximum Gasteiger partial charge on any atom is 0.191 e. The summed E-state index contributed by atoms with van der Waals surface area (Å²) in [6.07, 6.45) is -0.639. The van der Waals surface area contributed by atoms with E-state index >= 15 is 0 Å². The molecular weight excluding hydrogens is 258 g/mol. The molecule has 0 aliphatic carbocycles. The van der Waals surface area contributed by atoms with E-state index in [0.29, 0.717) is 4.47 Å². The molecule has 0 saturated heterocycles. The highest BCUT2D eigenvalue weighted by atomic mass is 79.9. The standard InChI is InChI=1S/C9H9BrF2O2/c1-5(4-13)14-9-7(11)2-6(10)3-8(9)12/h2-3,5,13H,4H2,1H3/t5-/m0/s1. The Morgan fingerprint density at radius 2 is 1.93 bits per heavy atom. The number of aliphatic hydroxyl groups excluding tert-OH is 1. The molecule has 0 fully saturated rings. The van der Waals surface area contributed by atoms with Crippen molar-refractivity contribution in [3.05, 3.63) is 28.2 Å². The predicted octanol–water partition coefficient (Wildman–Crippen LogP) is 2.49. The summed E-state index contributed by atoms with van der Waals surface area (Å²) in [6, 6.07) is 2.20. The van der Waals surface area contributed by atoms with Gasteiger partial charge in [0.1, 0.15) is 6.10 Å². The zero-order valence-corrected chi connectivity index (χ0v) is 9.01. The summed E-state index contributed by atoms with van der Waals surface area (Å²) in [5.41, 5.74) is 0. The highest BCUT2D eigenvalue weighted by Crippen LogP contribution is 2.26. The molecule has 14 heavy (non-hydrogen) atoms. The largest absolute Gasteiger partial charge is 0.482 e. The van der Waals surface area contributed by atoms with Gasteiger partial charge in [0.15, 0.2) is 17.4 Å². The van der Waals surface area contributed by atoms with Gasteiger partial charge in [-0.2, -0.15) is 0 Å². The SMILES string of the molecule is C[C@@H](CO)Oc1c(F)cc(Br)cc1F. The molecule has 0 unspecified atom stereocenters. The number of aliphatic hydroxyl groups is 1. The molecule has 0 aromatic heterocycles. The third kappa shape index (κ3) is 2.65. The van der Waals surface area contributed by atoms with E-state index in [2.05, 4.69) is 15.9 Å². The molecule has 0 aliphatic heterocycles. The van der Waals surface area contributed by atoms with E-state index in [0.717, 1.165) is 12.1 Å². The van der Waals surface area contributed by atoms with Crippen LogP contribution >= 0.6 is 15.9 Å². The molecule has 0 aliphatic rings. The van der Waals surface area contributed by atoms with Crippen LogP contribution in [0.5, 0.6) is 5.75 Å². The van der Waals surface area contributed by atoms with Crippen molar-refractivity contribution < 1.29 is 18.6 Å². The fourth-order valence-electron chi connectivity index (χ4n) is 0.880. The van der Waals surface area contributed by atoms with Crippen LogP contribution in [0.1, 0.15) is 6.92 Å². The van der Waals surface area contributed by atoms with E-state index in [1.807, 2.05) is 0 Å². The number of benzene rings is 1. The van der Waals surface area contributed by atoms with E-state index in [4.69, 9.17) is 9.84 Å². The summed E-state index contributed by atoms with van der Waals surface area (Å²) in [5, 5.41) is 8.65. The van der Waals surface area contributed by atoms with E-state index in [1.165, 1.54) is 6.92 Å². The number of ether oxygens (including phenoxy) is 1. The second-order valence-corrected chi connectivity index (χ2v) is 3.73. The first kappa shape index (κ1) is 11.4. The third-order valence-electron chi connectivity index (χ3n) is 1.54. The van der Waals surface area contributed by atoms with Gasteiger partial charge in [-0.15, -0.1) is 0 Å². The Morgan fingerprint density at radius 1 is 1.43 bits per heavy atom. The fraction of sp³-hybridized carbons (Fsp3) is 0.333. The Labute approximate surface area is 88.6 Å². The van der Waals surface area contributed by atoms with Crippen molar-refractivity contribution in [2.24, 2.45) is 0 Å². The minimum atomic E-state index is -0.794. The molecule has 0 radical (unpaired) electrons. The predicted molar refractivity (Wildman–Crippen MR) is 51.2 cm³/mol. The van der Waals surface area contributed by atoms with Gasteiger partial charge in [0.05, 0.1) is 6.61 Å². The van der Waals surface area contributed by atoms with Gasteiger partial charge in [-0.1, -0.05) is 15.9 Å². The third-order valence-corrected chi connectivity index (χ3v) is 2.00. The molecule has 0 bridgehead atoms. The van der Waals surface area contributed by atoms with Crippen molar-refractivity contribution in [3.8, 4) is 5.75 Å². The molecule has 2 nitrogen and oxygen atoms in total. The van der Waals surface area contributed by atoms with Crippen LogP contribution < -0.4 is 4.74 Å².